The van der Waals surface area contributed by atoms with E-state index in [2.05, 4.69) is 147 Å². The second-order valence-electron chi connectivity index (χ2n) is 12.3. The summed E-state index contributed by atoms with van der Waals surface area (Å²) in [5.74, 6) is 0.723. The van der Waals surface area contributed by atoms with Crippen molar-refractivity contribution in [3.05, 3.63) is 169 Å². The maximum atomic E-state index is 5.06. The fraction of sp³-hybridized carbons (Fsp3) is 0.0698. The van der Waals surface area contributed by atoms with Crippen LogP contribution in [-0.2, 0) is 5.41 Å². The third kappa shape index (κ3) is 4.76. The van der Waals surface area contributed by atoms with E-state index in [1.165, 1.54) is 38.9 Å². The van der Waals surface area contributed by atoms with Crippen LogP contribution in [0.1, 0.15) is 25.0 Å². The second-order valence-corrected chi connectivity index (χ2v) is 12.3. The van der Waals surface area contributed by atoms with Gasteiger partial charge in [-0.05, 0) is 62.7 Å². The van der Waals surface area contributed by atoms with E-state index in [0.29, 0.717) is 0 Å². The quantitative estimate of drug-likeness (QED) is 0.204. The molecule has 8 rings (SSSR count). The van der Waals surface area contributed by atoms with Gasteiger partial charge in [0.25, 0.3) is 0 Å². The summed E-state index contributed by atoms with van der Waals surface area (Å²) in [5.41, 5.74) is 15.2. The standard InChI is InChI=1S/C43H32N2/c1-43(2)37-24-10-9-22-36(37)41-35(23-13-25-38(41)43)33-20-11-18-31(26-33)32-19-12-21-34(27-32)40-28-39(29-14-5-3-6-15-29)44-42(45-40)30-16-7-4-8-17-30/h3-28H,1-2H3. The highest BCUT2D eigenvalue weighted by molar-refractivity contribution is 5.93. The van der Waals surface area contributed by atoms with Gasteiger partial charge >= 0.3 is 0 Å². The van der Waals surface area contributed by atoms with Gasteiger partial charge in [-0.1, -0.05) is 153 Å². The molecule has 1 aliphatic carbocycles. The molecule has 45 heavy (non-hydrogen) atoms. The molecule has 0 fully saturated rings. The van der Waals surface area contributed by atoms with Crippen molar-refractivity contribution in [2.45, 2.75) is 19.3 Å². The molecule has 0 bridgehead atoms. The van der Waals surface area contributed by atoms with E-state index in [9.17, 15) is 0 Å². The van der Waals surface area contributed by atoms with Gasteiger partial charge in [0.15, 0.2) is 5.82 Å². The Bertz CT molecular complexity index is 2120. The molecule has 0 saturated carbocycles. The first-order valence-corrected chi connectivity index (χ1v) is 15.5. The van der Waals surface area contributed by atoms with Crippen molar-refractivity contribution in [2.24, 2.45) is 0 Å². The molecule has 6 aromatic carbocycles. The van der Waals surface area contributed by atoms with Crippen LogP contribution in [0, 0.1) is 0 Å². The molecular weight excluding hydrogens is 544 g/mol. The van der Waals surface area contributed by atoms with Crippen LogP contribution in [0.2, 0.25) is 0 Å². The minimum Gasteiger partial charge on any atom is -0.228 e. The van der Waals surface area contributed by atoms with Gasteiger partial charge in [-0.25, -0.2) is 9.97 Å². The van der Waals surface area contributed by atoms with Gasteiger partial charge in [-0.15, -0.1) is 0 Å². The number of benzene rings is 6. The van der Waals surface area contributed by atoms with Gasteiger partial charge in [0.1, 0.15) is 0 Å². The second kappa shape index (κ2) is 10.8. The summed E-state index contributed by atoms with van der Waals surface area (Å²) >= 11 is 0. The molecule has 1 aromatic heterocycles. The number of hydrogen-bond donors (Lipinski definition) is 0. The van der Waals surface area contributed by atoms with Gasteiger partial charge in [-0.3, -0.25) is 0 Å². The van der Waals surface area contributed by atoms with Crippen molar-refractivity contribution in [3.8, 4) is 67.3 Å². The lowest BCUT2D eigenvalue weighted by atomic mass is 9.82. The predicted octanol–water partition coefficient (Wildman–Crippen LogP) is 11.1. The number of hydrogen-bond acceptors (Lipinski definition) is 2. The zero-order valence-corrected chi connectivity index (χ0v) is 25.4. The zero-order chi connectivity index (χ0) is 30.4. The van der Waals surface area contributed by atoms with E-state index in [1.54, 1.807) is 0 Å². The Balaban J connectivity index is 1.22. The van der Waals surface area contributed by atoms with Crippen molar-refractivity contribution >= 4 is 0 Å². The Morgan fingerprint density at radius 1 is 0.378 bits per heavy atom. The first-order valence-electron chi connectivity index (χ1n) is 15.5. The van der Waals surface area contributed by atoms with E-state index >= 15 is 0 Å². The van der Waals surface area contributed by atoms with Gasteiger partial charge in [0.05, 0.1) is 11.4 Å². The summed E-state index contributed by atoms with van der Waals surface area (Å²) in [6.07, 6.45) is 0. The van der Waals surface area contributed by atoms with Crippen LogP contribution < -0.4 is 0 Å². The predicted molar refractivity (Wildman–Crippen MR) is 187 cm³/mol. The first-order chi connectivity index (χ1) is 22.1. The highest BCUT2D eigenvalue weighted by atomic mass is 14.9. The number of rotatable bonds is 5. The van der Waals surface area contributed by atoms with E-state index < -0.39 is 0 Å². The fourth-order valence-electron chi connectivity index (χ4n) is 6.79. The lowest BCUT2D eigenvalue weighted by Gasteiger charge is -2.21. The van der Waals surface area contributed by atoms with Gasteiger partial charge in [-0.2, -0.15) is 0 Å². The minimum absolute atomic E-state index is 0.0252. The normalized spacial score (nSPS) is 12.8. The van der Waals surface area contributed by atoms with Crippen LogP contribution in [0.3, 0.4) is 0 Å². The van der Waals surface area contributed by atoms with Crippen molar-refractivity contribution in [1.82, 2.24) is 9.97 Å². The summed E-state index contributed by atoms with van der Waals surface area (Å²) in [5, 5.41) is 0. The van der Waals surface area contributed by atoms with E-state index in [-0.39, 0.29) is 5.41 Å². The summed E-state index contributed by atoms with van der Waals surface area (Å²) in [4.78, 5) is 10.0. The molecule has 0 aliphatic heterocycles. The molecule has 7 aromatic rings. The molecule has 0 atom stereocenters. The molecule has 0 N–H and O–H groups in total. The summed E-state index contributed by atoms with van der Waals surface area (Å²) < 4.78 is 0. The maximum Gasteiger partial charge on any atom is 0.160 e. The molecule has 2 heteroatoms. The third-order valence-electron chi connectivity index (χ3n) is 9.10. The smallest absolute Gasteiger partial charge is 0.160 e. The molecule has 2 nitrogen and oxygen atoms in total. The van der Waals surface area contributed by atoms with E-state index in [0.717, 1.165) is 39.5 Å². The number of aromatic nitrogens is 2. The average molecular weight is 577 g/mol. The molecule has 214 valence electrons. The molecular formula is C43H32N2. The van der Waals surface area contributed by atoms with Crippen molar-refractivity contribution < 1.29 is 0 Å². The van der Waals surface area contributed by atoms with Gasteiger partial charge in [0.2, 0.25) is 0 Å². The van der Waals surface area contributed by atoms with Crippen molar-refractivity contribution in [3.63, 3.8) is 0 Å². The lowest BCUT2D eigenvalue weighted by molar-refractivity contribution is 0.660. The average Bonchev–Trinajstić information content (AvgIpc) is 3.35. The first kappa shape index (κ1) is 27.0. The largest absolute Gasteiger partial charge is 0.228 e. The molecule has 0 spiro atoms. The van der Waals surface area contributed by atoms with Crippen LogP contribution >= 0.6 is 0 Å². The Kier molecular flexibility index (Phi) is 6.50. The van der Waals surface area contributed by atoms with Crippen LogP contribution in [0.25, 0.3) is 67.3 Å². The summed E-state index contributed by atoms with van der Waals surface area (Å²) in [6.45, 7) is 4.67. The molecule has 1 aliphatic rings. The Morgan fingerprint density at radius 2 is 0.867 bits per heavy atom. The van der Waals surface area contributed by atoms with E-state index in [1.807, 2.05) is 24.3 Å². The van der Waals surface area contributed by atoms with Crippen LogP contribution in [0.5, 0.6) is 0 Å². The third-order valence-corrected chi connectivity index (χ3v) is 9.10. The zero-order valence-electron chi connectivity index (χ0n) is 25.4. The molecule has 0 amide bonds. The summed E-state index contributed by atoms with van der Waals surface area (Å²) in [6, 6.07) is 55.9. The molecule has 0 unspecified atom stereocenters. The van der Waals surface area contributed by atoms with Crippen LogP contribution in [-0.4, -0.2) is 9.97 Å². The number of fused-ring (bicyclic) bond motifs is 3. The SMILES string of the molecule is CC1(C)c2ccccc2-c2c(-c3cccc(-c4cccc(-c5cc(-c6ccccc6)nc(-c6ccccc6)n5)c4)c3)cccc21. The van der Waals surface area contributed by atoms with E-state index in [4.69, 9.17) is 9.97 Å². The van der Waals surface area contributed by atoms with Crippen LogP contribution in [0.4, 0.5) is 0 Å². The highest BCUT2D eigenvalue weighted by Crippen LogP contribution is 2.52. The van der Waals surface area contributed by atoms with Crippen LogP contribution in [0.15, 0.2) is 158 Å². The molecule has 0 radical (unpaired) electrons. The van der Waals surface area contributed by atoms with Crippen molar-refractivity contribution in [1.29, 1.82) is 0 Å². The van der Waals surface area contributed by atoms with Crippen molar-refractivity contribution in [2.75, 3.05) is 0 Å². The van der Waals surface area contributed by atoms with Gasteiger partial charge in [0, 0.05) is 22.1 Å². The van der Waals surface area contributed by atoms with Gasteiger partial charge < -0.3 is 0 Å². The maximum absolute atomic E-state index is 5.06. The lowest BCUT2D eigenvalue weighted by Crippen LogP contribution is -2.14. The topological polar surface area (TPSA) is 25.8 Å². The molecule has 1 heterocycles. The monoisotopic (exact) mass is 576 g/mol. The Hall–Kier alpha value is -5.60. The summed E-state index contributed by atoms with van der Waals surface area (Å²) in [7, 11) is 0. The highest BCUT2D eigenvalue weighted by Gasteiger charge is 2.36. The minimum atomic E-state index is -0.0252. The number of nitrogens with zero attached hydrogens (tertiary/aromatic N) is 2. The molecule has 0 saturated heterocycles. The Labute approximate surface area is 264 Å². The Morgan fingerprint density at radius 3 is 1.60 bits per heavy atom. The fourth-order valence-corrected chi connectivity index (χ4v) is 6.79.